The van der Waals surface area contributed by atoms with Crippen molar-refractivity contribution in [3.05, 3.63) is 33.8 Å². The quantitative estimate of drug-likeness (QED) is 0.897. The lowest BCUT2D eigenvalue weighted by molar-refractivity contribution is -0.0389. The van der Waals surface area contributed by atoms with Crippen molar-refractivity contribution in [3.63, 3.8) is 0 Å². The van der Waals surface area contributed by atoms with E-state index in [1.165, 1.54) is 0 Å². The van der Waals surface area contributed by atoms with Crippen molar-refractivity contribution in [3.8, 4) is 0 Å². The Morgan fingerprint density at radius 3 is 2.06 bits per heavy atom. The van der Waals surface area contributed by atoms with Gasteiger partial charge in [0.15, 0.2) is 0 Å². The first kappa shape index (κ1) is 13.8. The minimum atomic E-state index is -0.814. The van der Waals surface area contributed by atoms with Crippen molar-refractivity contribution in [1.29, 1.82) is 0 Å². The van der Waals surface area contributed by atoms with Crippen LogP contribution in [0.15, 0.2) is 18.2 Å². The molecule has 0 saturated carbocycles. The van der Waals surface area contributed by atoms with Gasteiger partial charge in [0.2, 0.25) is 0 Å². The third-order valence-electron chi connectivity index (χ3n) is 2.54. The Morgan fingerprint density at radius 2 is 1.69 bits per heavy atom. The molecule has 0 saturated heterocycles. The fraction of sp³-hybridized carbons (Fsp3) is 0.500. The fourth-order valence-electron chi connectivity index (χ4n) is 1.72. The van der Waals surface area contributed by atoms with Gasteiger partial charge in [-0.3, -0.25) is 0 Å². The van der Waals surface area contributed by atoms with E-state index in [2.05, 4.69) is 0 Å². The predicted molar refractivity (Wildman–Crippen MR) is 67.1 cm³/mol. The number of ether oxygens (including phenoxy) is 1. The summed E-state index contributed by atoms with van der Waals surface area (Å²) in [6, 6.07) is 5.16. The average Bonchev–Trinajstić information content (AvgIpc) is 2.17. The molecule has 2 atom stereocenters. The summed E-state index contributed by atoms with van der Waals surface area (Å²) in [5.41, 5.74) is 0.534. The summed E-state index contributed by atoms with van der Waals surface area (Å²) in [5, 5.41) is 11.1. The lowest BCUT2D eigenvalue weighted by Crippen LogP contribution is -2.26. The molecular weight excluding hydrogens is 247 g/mol. The van der Waals surface area contributed by atoms with Crippen LogP contribution in [0.5, 0.6) is 0 Å². The predicted octanol–water partition coefficient (Wildman–Crippen LogP) is 3.70. The molecule has 0 aliphatic rings. The molecule has 1 N–H and O–H groups in total. The average molecular weight is 263 g/mol. The van der Waals surface area contributed by atoms with Crippen LogP contribution in [0.25, 0.3) is 0 Å². The van der Waals surface area contributed by atoms with E-state index in [0.29, 0.717) is 15.6 Å². The maximum Gasteiger partial charge on any atom is 0.108 e. The van der Waals surface area contributed by atoms with E-state index < -0.39 is 6.10 Å². The highest BCUT2D eigenvalue weighted by Gasteiger charge is 2.27. The Kier molecular flexibility index (Phi) is 5.06. The van der Waals surface area contributed by atoms with Gasteiger partial charge < -0.3 is 9.84 Å². The molecule has 0 aliphatic carbocycles. The first-order valence-electron chi connectivity index (χ1n) is 5.13. The molecule has 4 heteroatoms. The van der Waals surface area contributed by atoms with Crippen LogP contribution in [0, 0.1) is 5.92 Å². The first-order valence-corrected chi connectivity index (χ1v) is 5.89. The SMILES string of the molecule is CO[C@@H](C(C)C)[C@@H](O)c1c(Cl)cccc1Cl. The number of rotatable bonds is 4. The van der Waals surface area contributed by atoms with Gasteiger partial charge in [0.25, 0.3) is 0 Å². The Hall–Kier alpha value is -0.280. The molecule has 1 rings (SSSR count). The van der Waals surface area contributed by atoms with Gasteiger partial charge in [-0.25, -0.2) is 0 Å². The summed E-state index contributed by atoms with van der Waals surface area (Å²) in [4.78, 5) is 0. The van der Waals surface area contributed by atoms with Gasteiger partial charge in [-0.05, 0) is 18.1 Å². The summed E-state index contributed by atoms with van der Waals surface area (Å²) >= 11 is 12.1. The molecule has 0 heterocycles. The summed E-state index contributed by atoms with van der Waals surface area (Å²) in [6.45, 7) is 3.95. The highest BCUT2D eigenvalue weighted by Crippen LogP contribution is 2.34. The van der Waals surface area contributed by atoms with Gasteiger partial charge in [-0.2, -0.15) is 0 Å². The van der Waals surface area contributed by atoms with Crippen molar-refractivity contribution in [2.24, 2.45) is 5.92 Å². The largest absolute Gasteiger partial charge is 0.386 e. The standard InChI is InChI=1S/C12H16Cl2O2/c1-7(2)12(16-3)11(15)10-8(13)5-4-6-9(10)14/h4-7,11-12,15H,1-3H3/t11-,12-/m0/s1. The second-order valence-corrected chi connectivity index (χ2v) is 4.84. The number of aliphatic hydroxyl groups is 1. The second-order valence-electron chi connectivity index (χ2n) is 4.02. The zero-order valence-corrected chi connectivity index (χ0v) is 11.1. The molecule has 0 aromatic heterocycles. The second kappa shape index (κ2) is 5.87. The fourth-order valence-corrected chi connectivity index (χ4v) is 2.34. The van der Waals surface area contributed by atoms with Gasteiger partial charge in [0.1, 0.15) is 6.10 Å². The topological polar surface area (TPSA) is 29.5 Å². The summed E-state index contributed by atoms with van der Waals surface area (Å²) < 4.78 is 5.27. The molecule has 1 aromatic carbocycles. The third-order valence-corrected chi connectivity index (χ3v) is 3.20. The zero-order chi connectivity index (χ0) is 12.3. The van der Waals surface area contributed by atoms with Crippen molar-refractivity contribution in [2.45, 2.75) is 26.1 Å². The molecular formula is C12H16Cl2O2. The first-order chi connectivity index (χ1) is 7.49. The van der Waals surface area contributed by atoms with Crippen LogP contribution in [-0.4, -0.2) is 18.3 Å². The highest BCUT2D eigenvalue weighted by atomic mass is 35.5. The molecule has 1 aromatic rings. The van der Waals surface area contributed by atoms with Crippen LogP contribution in [0.1, 0.15) is 25.5 Å². The van der Waals surface area contributed by atoms with E-state index in [1.807, 2.05) is 13.8 Å². The van der Waals surface area contributed by atoms with Gasteiger partial charge in [-0.15, -0.1) is 0 Å². The molecule has 0 aliphatic heterocycles. The van der Waals surface area contributed by atoms with E-state index in [9.17, 15) is 5.11 Å². The Bertz CT molecular complexity index is 333. The van der Waals surface area contributed by atoms with E-state index in [0.717, 1.165) is 0 Å². The molecule has 90 valence electrons. The molecule has 0 fully saturated rings. The van der Waals surface area contributed by atoms with Gasteiger partial charge in [0, 0.05) is 22.7 Å². The van der Waals surface area contributed by atoms with E-state index in [-0.39, 0.29) is 12.0 Å². The molecule has 16 heavy (non-hydrogen) atoms. The van der Waals surface area contributed by atoms with Crippen LogP contribution in [0.4, 0.5) is 0 Å². The van der Waals surface area contributed by atoms with Gasteiger partial charge in [-0.1, -0.05) is 43.1 Å². The van der Waals surface area contributed by atoms with Crippen molar-refractivity contribution in [2.75, 3.05) is 7.11 Å². The number of hydrogen-bond donors (Lipinski definition) is 1. The van der Waals surface area contributed by atoms with Crippen LogP contribution in [0.3, 0.4) is 0 Å². The summed E-state index contributed by atoms with van der Waals surface area (Å²) in [7, 11) is 1.57. The molecule has 0 bridgehead atoms. The third kappa shape index (κ3) is 2.89. The normalized spacial score (nSPS) is 15.2. The maximum atomic E-state index is 10.2. The van der Waals surface area contributed by atoms with E-state index in [4.69, 9.17) is 27.9 Å². The van der Waals surface area contributed by atoms with Crippen LogP contribution in [0.2, 0.25) is 10.0 Å². The van der Waals surface area contributed by atoms with Crippen LogP contribution < -0.4 is 0 Å². The minimum absolute atomic E-state index is 0.173. The van der Waals surface area contributed by atoms with Crippen molar-refractivity contribution < 1.29 is 9.84 Å². The smallest absolute Gasteiger partial charge is 0.108 e. The molecule has 0 unspecified atom stereocenters. The summed E-state index contributed by atoms with van der Waals surface area (Å²) in [6.07, 6.45) is -1.14. The number of aliphatic hydroxyl groups excluding tert-OH is 1. The van der Waals surface area contributed by atoms with Crippen LogP contribution in [-0.2, 0) is 4.74 Å². The number of hydrogen-bond acceptors (Lipinski definition) is 2. The highest BCUT2D eigenvalue weighted by molar-refractivity contribution is 6.36. The molecule has 0 radical (unpaired) electrons. The number of methoxy groups -OCH3 is 1. The molecule has 2 nitrogen and oxygen atoms in total. The van der Waals surface area contributed by atoms with Crippen LogP contribution >= 0.6 is 23.2 Å². The van der Waals surface area contributed by atoms with Crippen molar-refractivity contribution >= 4 is 23.2 Å². The summed E-state index contributed by atoms with van der Waals surface area (Å²) in [5.74, 6) is 0.173. The number of halogens is 2. The van der Waals surface area contributed by atoms with Crippen molar-refractivity contribution in [1.82, 2.24) is 0 Å². The lowest BCUT2D eigenvalue weighted by Gasteiger charge is -2.26. The zero-order valence-electron chi connectivity index (χ0n) is 9.58. The molecule has 0 amide bonds. The Labute approximate surface area is 106 Å². The minimum Gasteiger partial charge on any atom is -0.386 e. The molecule has 0 spiro atoms. The lowest BCUT2D eigenvalue weighted by atomic mass is 9.96. The Morgan fingerprint density at radius 1 is 1.19 bits per heavy atom. The van der Waals surface area contributed by atoms with E-state index >= 15 is 0 Å². The van der Waals surface area contributed by atoms with Gasteiger partial charge >= 0.3 is 0 Å². The van der Waals surface area contributed by atoms with E-state index in [1.54, 1.807) is 25.3 Å². The van der Waals surface area contributed by atoms with Gasteiger partial charge in [0.05, 0.1) is 6.10 Å². The number of benzene rings is 1. The monoisotopic (exact) mass is 262 g/mol. The Balaban J connectivity index is 3.08. The maximum absolute atomic E-state index is 10.2.